The lowest BCUT2D eigenvalue weighted by atomic mass is 9.84. The van der Waals surface area contributed by atoms with Gasteiger partial charge in [-0.25, -0.2) is 12.8 Å². The summed E-state index contributed by atoms with van der Waals surface area (Å²) in [5, 5.41) is 6.30. The van der Waals surface area contributed by atoms with Crippen molar-refractivity contribution in [1.82, 2.24) is 10.6 Å². The Morgan fingerprint density at radius 3 is 2.60 bits per heavy atom. The number of sulfone groups is 1. The van der Waals surface area contributed by atoms with Crippen LogP contribution in [0.25, 0.3) is 0 Å². The Kier molecular flexibility index (Phi) is 8.31. The molecule has 0 bridgehead atoms. The van der Waals surface area contributed by atoms with Crippen molar-refractivity contribution in [2.45, 2.75) is 19.3 Å². The first-order valence-electron chi connectivity index (χ1n) is 8.10. The molecule has 0 amide bonds. The second-order valence-electron chi connectivity index (χ2n) is 6.49. The molecule has 0 fully saturated rings. The first kappa shape index (κ1) is 21.4. The Balaban J connectivity index is 2.36. The molecule has 142 valence electrons. The molecule has 0 saturated heterocycles. The zero-order valence-corrected chi connectivity index (χ0v) is 16.1. The minimum absolute atomic E-state index is 0.0157. The van der Waals surface area contributed by atoms with Crippen LogP contribution in [0.4, 0.5) is 4.39 Å². The highest BCUT2D eigenvalue weighted by molar-refractivity contribution is 7.90. The van der Waals surface area contributed by atoms with E-state index in [4.69, 9.17) is 4.74 Å². The van der Waals surface area contributed by atoms with Crippen LogP contribution in [-0.2, 0) is 20.0 Å². The molecule has 0 spiro atoms. The molecule has 0 aliphatic carbocycles. The second-order valence-corrected chi connectivity index (χ2v) is 8.75. The van der Waals surface area contributed by atoms with E-state index < -0.39 is 9.84 Å². The lowest BCUT2D eigenvalue weighted by Gasteiger charge is -2.26. The summed E-state index contributed by atoms with van der Waals surface area (Å²) < 4.78 is 40.6. The predicted molar refractivity (Wildman–Crippen MR) is 99.3 cm³/mol. The normalized spacial score (nSPS) is 12.9. The van der Waals surface area contributed by atoms with Gasteiger partial charge in [0.15, 0.2) is 5.96 Å². The molecule has 25 heavy (non-hydrogen) atoms. The van der Waals surface area contributed by atoms with E-state index in [2.05, 4.69) is 15.6 Å². The fourth-order valence-electron chi connectivity index (χ4n) is 2.09. The van der Waals surface area contributed by atoms with Gasteiger partial charge in [0.1, 0.15) is 15.7 Å². The van der Waals surface area contributed by atoms with Gasteiger partial charge < -0.3 is 15.4 Å². The summed E-state index contributed by atoms with van der Waals surface area (Å²) in [7, 11) is -1.33. The van der Waals surface area contributed by atoms with Crippen LogP contribution in [0.15, 0.2) is 29.3 Å². The summed E-state index contributed by atoms with van der Waals surface area (Å²) in [6.45, 7) is 5.68. The third-order valence-electron chi connectivity index (χ3n) is 3.66. The molecule has 0 aliphatic heterocycles. The molecule has 1 rings (SSSR count). The Morgan fingerprint density at radius 1 is 1.28 bits per heavy atom. The highest BCUT2D eigenvalue weighted by Gasteiger charge is 2.21. The first-order valence-corrected chi connectivity index (χ1v) is 10.2. The van der Waals surface area contributed by atoms with Crippen molar-refractivity contribution < 1.29 is 17.5 Å². The van der Waals surface area contributed by atoms with Crippen molar-refractivity contribution in [3.8, 4) is 0 Å². The number of rotatable bonds is 9. The summed E-state index contributed by atoms with van der Waals surface area (Å²) in [6, 6.07) is 6.56. The van der Waals surface area contributed by atoms with Crippen LogP contribution in [0.2, 0.25) is 0 Å². The van der Waals surface area contributed by atoms with Crippen molar-refractivity contribution in [3.63, 3.8) is 0 Å². The van der Waals surface area contributed by atoms with Crippen LogP contribution in [0.5, 0.6) is 0 Å². The molecule has 8 heteroatoms. The summed E-state index contributed by atoms with van der Waals surface area (Å²) in [4.78, 5) is 4.13. The van der Waals surface area contributed by atoms with Gasteiger partial charge in [-0.15, -0.1) is 0 Å². The average molecular weight is 373 g/mol. The van der Waals surface area contributed by atoms with Crippen LogP contribution in [0.3, 0.4) is 0 Å². The number of nitrogens with zero attached hydrogens (tertiary/aromatic N) is 1. The highest BCUT2D eigenvalue weighted by atomic mass is 32.2. The van der Waals surface area contributed by atoms with E-state index in [1.54, 1.807) is 13.1 Å². The Hall–Kier alpha value is -1.67. The van der Waals surface area contributed by atoms with Gasteiger partial charge in [0.2, 0.25) is 0 Å². The zero-order chi connectivity index (χ0) is 18.9. The predicted octanol–water partition coefficient (Wildman–Crippen LogP) is 1.33. The summed E-state index contributed by atoms with van der Waals surface area (Å²) in [6.07, 6.45) is 1.18. The number of halogens is 1. The number of benzene rings is 1. The standard InChI is InChI=1S/C17H28FN3O3S/c1-17(2,14-6-5-7-15(18)12-14)13-21-16(19-3)20-8-9-24-10-11-25(4,22)23/h5-7,12H,8-11,13H2,1-4H3,(H2,19,20,21). The van der Waals surface area contributed by atoms with Gasteiger partial charge in [0.25, 0.3) is 0 Å². The zero-order valence-electron chi connectivity index (χ0n) is 15.3. The highest BCUT2D eigenvalue weighted by Crippen LogP contribution is 2.22. The number of nitrogens with one attached hydrogen (secondary N) is 2. The van der Waals surface area contributed by atoms with E-state index in [9.17, 15) is 12.8 Å². The van der Waals surface area contributed by atoms with Gasteiger partial charge in [-0.3, -0.25) is 4.99 Å². The van der Waals surface area contributed by atoms with Crippen molar-refractivity contribution in [3.05, 3.63) is 35.6 Å². The molecule has 1 aromatic rings. The maximum Gasteiger partial charge on any atom is 0.191 e. The molecule has 1 aromatic carbocycles. The third kappa shape index (κ3) is 8.83. The Bertz CT molecular complexity index is 675. The van der Waals surface area contributed by atoms with E-state index in [1.165, 1.54) is 18.4 Å². The Morgan fingerprint density at radius 2 is 2.00 bits per heavy atom. The first-order chi connectivity index (χ1) is 11.6. The summed E-state index contributed by atoms with van der Waals surface area (Å²) in [5.74, 6) is 0.373. The van der Waals surface area contributed by atoms with Crippen LogP contribution < -0.4 is 10.6 Å². The molecule has 0 atom stereocenters. The van der Waals surface area contributed by atoms with Crippen LogP contribution in [-0.4, -0.2) is 59.7 Å². The van der Waals surface area contributed by atoms with Crippen molar-refractivity contribution in [2.75, 3.05) is 45.4 Å². The molecule has 0 unspecified atom stereocenters. The van der Waals surface area contributed by atoms with Crippen molar-refractivity contribution >= 4 is 15.8 Å². The van der Waals surface area contributed by atoms with Gasteiger partial charge >= 0.3 is 0 Å². The Labute approximate surface area is 149 Å². The van der Waals surface area contributed by atoms with Crippen molar-refractivity contribution in [2.24, 2.45) is 4.99 Å². The maximum absolute atomic E-state index is 13.4. The number of aliphatic imine (C=N–C) groups is 1. The molecule has 0 saturated carbocycles. The fourth-order valence-corrected chi connectivity index (χ4v) is 2.51. The van der Waals surface area contributed by atoms with E-state index in [-0.39, 0.29) is 23.6 Å². The molecule has 0 radical (unpaired) electrons. The molecule has 6 nitrogen and oxygen atoms in total. The van der Waals surface area contributed by atoms with E-state index in [1.807, 2.05) is 19.9 Å². The molecule has 0 aliphatic rings. The van der Waals surface area contributed by atoms with E-state index in [0.717, 1.165) is 5.56 Å². The fraction of sp³-hybridized carbons (Fsp3) is 0.588. The third-order valence-corrected chi connectivity index (χ3v) is 4.57. The van der Waals surface area contributed by atoms with Crippen LogP contribution in [0, 0.1) is 5.82 Å². The number of hydrogen-bond donors (Lipinski definition) is 2. The smallest absolute Gasteiger partial charge is 0.191 e. The van der Waals surface area contributed by atoms with Gasteiger partial charge in [-0.1, -0.05) is 26.0 Å². The minimum atomic E-state index is -2.99. The monoisotopic (exact) mass is 373 g/mol. The van der Waals surface area contributed by atoms with Crippen LogP contribution in [0.1, 0.15) is 19.4 Å². The minimum Gasteiger partial charge on any atom is -0.379 e. The van der Waals surface area contributed by atoms with E-state index >= 15 is 0 Å². The van der Waals surface area contributed by atoms with Gasteiger partial charge in [-0.05, 0) is 17.7 Å². The number of guanidine groups is 1. The largest absolute Gasteiger partial charge is 0.379 e. The number of hydrogen-bond acceptors (Lipinski definition) is 4. The molecule has 0 aromatic heterocycles. The second kappa shape index (κ2) is 9.72. The maximum atomic E-state index is 13.4. The molecular formula is C17H28FN3O3S. The summed E-state index contributed by atoms with van der Waals surface area (Å²) in [5.41, 5.74) is 0.630. The summed E-state index contributed by atoms with van der Waals surface area (Å²) >= 11 is 0. The topological polar surface area (TPSA) is 79.8 Å². The van der Waals surface area contributed by atoms with Crippen molar-refractivity contribution in [1.29, 1.82) is 0 Å². The van der Waals surface area contributed by atoms with Gasteiger partial charge in [0.05, 0.1) is 19.0 Å². The average Bonchev–Trinajstić information content (AvgIpc) is 2.52. The lowest BCUT2D eigenvalue weighted by molar-refractivity contribution is 0.154. The number of ether oxygens (including phenoxy) is 1. The molecule has 2 N–H and O–H groups in total. The SMILES string of the molecule is CN=C(NCCOCCS(C)(=O)=O)NCC(C)(C)c1cccc(F)c1. The molecular weight excluding hydrogens is 345 g/mol. The van der Waals surface area contributed by atoms with E-state index in [0.29, 0.717) is 25.7 Å². The molecule has 0 heterocycles. The van der Waals surface area contributed by atoms with Gasteiger partial charge in [0, 0.05) is 31.8 Å². The lowest BCUT2D eigenvalue weighted by Crippen LogP contribution is -2.44. The van der Waals surface area contributed by atoms with Gasteiger partial charge in [-0.2, -0.15) is 0 Å². The quantitative estimate of drug-likeness (QED) is 0.388. The van der Waals surface area contributed by atoms with Crippen LogP contribution >= 0.6 is 0 Å².